The third kappa shape index (κ3) is 3.62. The van der Waals surface area contributed by atoms with Crippen molar-refractivity contribution in [1.29, 1.82) is 0 Å². The van der Waals surface area contributed by atoms with E-state index in [2.05, 4.69) is 15.7 Å². The topological polar surface area (TPSA) is 62.2 Å². The molecule has 1 atom stereocenters. The summed E-state index contributed by atoms with van der Waals surface area (Å²) in [6.45, 7) is 0. The number of pyridine rings is 1. The summed E-state index contributed by atoms with van der Waals surface area (Å²) in [5, 5.41) is 15.1. The van der Waals surface area contributed by atoms with Gasteiger partial charge in [0, 0.05) is 24.4 Å². The molecule has 25 heavy (non-hydrogen) atoms. The SMILES string of the molecule is O=C(NC(Cc1ccccn1)C1CC(O)C1)c1scc2c1CCCC2. The number of carbonyl (C=O) groups excluding carboxylic acids is 1. The molecule has 0 spiro atoms. The quantitative estimate of drug-likeness (QED) is 0.865. The summed E-state index contributed by atoms with van der Waals surface area (Å²) in [7, 11) is 0. The molecular weight excluding hydrogens is 332 g/mol. The van der Waals surface area contributed by atoms with Gasteiger partial charge in [-0.1, -0.05) is 6.07 Å². The molecule has 0 aliphatic heterocycles. The van der Waals surface area contributed by atoms with Gasteiger partial charge in [-0.05, 0) is 73.1 Å². The summed E-state index contributed by atoms with van der Waals surface area (Å²) >= 11 is 1.58. The Morgan fingerprint density at radius 3 is 2.92 bits per heavy atom. The number of thiophene rings is 1. The highest BCUT2D eigenvalue weighted by Gasteiger charge is 2.35. The van der Waals surface area contributed by atoms with Crippen LogP contribution in [0.2, 0.25) is 0 Å². The minimum atomic E-state index is -0.220. The van der Waals surface area contributed by atoms with Gasteiger partial charge in [0.15, 0.2) is 0 Å². The van der Waals surface area contributed by atoms with Crippen LogP contribution in [0.4, 0.5) is 0 Å². The number of aryl methyl sites for hydroxylation is 1. The number of nitrogens with one attached hydrogen (secondary N) is 1. The van der Waals surface area contributed by atoms with E-state index in [1.54, 1.807) is 17.5 Å². The fourth-order valence-electron chi connectivity index (χ4n) is 3.98. The Morgan fingerprint density at radius 1 is 1.32 bits per heavy atom. The molecule has 2 N–H and O–H groups in total. The van der Waals surface area contributed by atoms with Crippen molar-refractivity contribution in [3.05, 3.63) is 51.5 Å². The molecule has 2 aromatic rings. The van der Waals surface area contributed by atoms with Crippen LogP contribution < -0.4 is 5.32 Å². The van der Waals surface area contributed by atoms with Crippen LogP contribution in [0.5, 0.6) is 0 Å². The third-order valence-electron chi connectivity index (χ3n) is 5.50. The summed E-state index contributed by atoms with van der Waals surface area (Å²) in [6.07, 6.45) is 8.35. The number of hydrogen-bond acceptors (Lipinski definition) is 4. The van der Waals surface area contributed by atoms with Crippen LogP contribution in [0.1, 0.15) is 52.2 Å². The highest BCUT2D eigenvalue weighted by molar-refractivity contribution is 7.12. The number of nitrogens with zero attached hydrogens (tertiary/aromatic N) is 1. The predicted molar refractivity (Wildman–Crippen MR) is 98.9 cm³/mol. The van der Waals surface area contributed by atoms with Crippen LogP contribution in [0.15, 0.2) is 29.8 Å². The second-order valence-electron chi connectivity index (χ2n) is 7.27. The van der Waals surface area contributed by atoms with E-state index in [9.17, 15) is 9.90 Å². The van der Waals surface area contributed by atoms with Crippen molar-refractivity contribution >= 4 is 17.2 Å². The molecule has 4 rings (SSSR count). The molecule has 2 aliphatic rings. The lowest BCUT2D eigenvalue weighted by Gasteiger charge is -2.38. The van der Waals surface area contributed by atoms with Gasteiger partial charge in [0.1, 0.15) is 0 Å². The fraction of sp³-hybridized carbons (Fsp3) is 0.500. The maximum absolute atomic E-state index is 12.9. The summed E-state index contributed by atoms with van der Waals surface area (Å²) < 4.78 is 0. The molecule has 4 nitrogen and oxygen atoms in total. The Morgan fingerprint density at radius 2 is 2.16 bits per heavy atom. The van der Waals surface area contributed by atoms with Crippen LogP contribution >= 0.6 is 11.3 Å². The molecule has 2 aliphatic carbocycles. The van der Waals surface area contributed by atoms with E-state index in [0.717, 1.165) is 42.7 Å². The molecule has 1 fully saturated rings. The van der Waals surface area contributed by atoms with Crippen LogP contribution in [0.25, 0.3) is 0 Å². The lowest BCUT2D eigenvalue weighted by molar-refractivity contribution is 0.0238. The second kappa shape index (κ2) is 7.26. The number of hydrogen-bond donors (Lipinski definition) is 2. The van der Waals surface area contributed by atoms with E-state index in [1.807, 2.05) is 18.2 Å². The molecular formula is C20H24N2O2S. The monoisotopic (exact) mass is 356 g/mol. The Balaban J connectivity index is 1.50. The van der Waals surface area contributed by atoms with Crippen molar-refractivity contribution in [2.75, 3.05) is 0 Å². The normalized spacial score (nSPS) is 23.4. The van der Waals surface area contributed by atoms with E-state index in [0.29, 0.717) is 5.92 Å². The van der Waals surface area contributed by atoms with Gasteiger partial charge >= 0.3 is 0 Å². The zero-order valence-electron chi connectivity index (χ0n) is 14.3. The van der Waals surface area contributed by atoms with Gasteiger partial charge in [-0.3, -0.25) is 9.78 Å². The molecule has 2 aromatic heterocycles. The molecule has 0 aromatic carbocycles. The molecule has 5 heteroatoms. The molecule has 1 saturated carbocycles. The highest BCUT2D eigenvalue weighted by Crippen LogP contribution is 2.33. The van der Waals surface area contributed by atoms with Crippen molar-refractivity contribution in [3.8, 4) is 0 Å². The first kappa shape index (κ1) is 16.7. The Hall–Kier alpha value is -1.72. The smallest absolute Gasteiger partial charge is 0.261 e. The van der Waals surface area contributed by atoms with E-state index in [4.69, 9.17) is 0 Å². The molecule has 132 valence electrons. The van der Waals surface area contributed by atoms with Crippen molar-refractivity contribution in [2.24, 2.45) is 5.92 Å². The molecule has 1 amide bonds. The zero-order valence-corrected chi connectivity index (χ0v) is 15.1. The molecule has 2 heterocycles. The van der Waals surface area contributed by atoms with Gasteiger partial charge in [-0.25, -0.2) is 0 Å². The van der Waals surface area contributed by atoms with Gasteiger partial charge in [-0.2, -0.15) is 0 Å². The Labute approximate surface area is 152 Å². The second-order valence-corrected chi connectivity index (χ2v) is 8.15. The lowest BCUT2D eigenvalue weighted by Crippen LogP contribution is -2.48. The minimum absolute atomic E-state index is 0.0344. The molecule has 1 unspecified atom stereocenters. The van der Waals surface area contributed by atoms with E-state index < -0.39 is 0 Å². The summed E-state index contributed by atoms with van der Waals surface area (Å²) in [4.78, 5) is 18.2. The Kier molecular flexibility index (Phi) is 4.86. The van der Waals surface area contributed by atoms with Crippen LogP contribution in [-0.4, -0.2) is 28.1 Å². The number of amides is 1. The lowest BCUT2D eigenvalue weighted by atomic mass is 9.76. The van der Waals surface area contributed by atoms with Crippen molar-refractivity contribution in [1.82, 2.24) is 10.3 Å². The van der Waals surface area contributed by atoms with Crippen molar-refractivity contribution in [3.63, 3.8) is 0 Å². The highest BCUT2D eigenvalue weighted by atomic mass is 32.1. The van der Waals surface area contributed by atoms with E-state index in [-0.39, 0.29) is 18.1 Å². The zero-order chi connectivity index (χ0) is 17.2. The number of aromatic nitrogens is 1. The van der Waals surface area contributed by atoms with E-state index >= 15 is 0 Å². The van der Waals surface area contributed by atoms with Crippen molar-refractivity contribution in [2.45, 2.75) is 57.1 Å². The van der Waals surface area contributed by atoms with Gasteiger partial charge in [0.25, 0.3) is 5.91 Å². The first-order valence-electron chi connectivity index (χ1n) is 9.19. The Bertz CT molecular complexity index is 737. The van der Waals surface area contributed by atoms with Crippen LogP contribution in [0.3, 0.4) is 0 Å². The third-order valence-corrected chi connectivity index (χ3v) is 6.57. The largest absolute Gasteiger partial charge is 0.393 e. The number of rotatable bonds is 5. The standard InChI is InChI=1S/C20H24N2O2S/c23-16-9-14(10-16)18(11-15-6-3-4-8-21-15)22-20(24)19-17-7-2-1-5-13(17)12-25-19/h3-4,6,8,12,14,16,18,23H,1-2,5,7,9-11H2,(H,22,24). The number of carbonyl (C=O) groups is 1. The van der Waals surface area contributed by atoms with Crippen molar-refractivity contribution < 1.29 is 9.90 Å². The maximum Gasteiger partial charge on any atom is 0.261 e. The average Bonchev–Trinajstić information content (AvgIpc) is 3.03. The molecule has 0 bridgehead atoms. The molecule has 0 radical (unpaired) electrons. The van der Waals surface area contributed by atoms with E-state index in [1.165, 1.54) is 24.0 Å². The first-order valence-corrected chi connectivity index (χ1v) is 10.1. The van der Waals surface area contributed by atoms with Gasteiger partial charge in [0.2, 0.25) is 0 Å². The summed E-state index contributed by atoms with van der Waals surface area (Å²) in [6, 6.07) is 5.92. The number of aliphatic hydroxyl groups excluding tert-OH is 1. The average molecular weight is 356 g/mol. The van der Waals surface area contributed by atoms with Crippen LogP contribution in [0, 0.1) is 5.92 Å². The van der Waals surface area contributed by atoms with Gasteiger partial charge in [0.05, 0.1) is 11.0 Å². The number of fused-ring (bicyclic) bond motifs is 1. The maximum atomic E-state index is 12.9. The summed E-state index contributed by atoms with van der Waals surface area (Å²) in [5.74, 6) is 0.382. The fourth-order valence-corrected chi connectivity index (χ4v) is 5.04. The van der Waals surface area contributed by atoms with Gasteiger partial charge < -0.3 is 10.4 Å². The summed E-state index contributed by atoms with van der Waals surface area (Å²) in [5.41, 5.74) is 3.61. The van der Waals surface area contributed by atoms with Gasteiger partial charge in [-0.15, -0.1) is 11.3 Å². The minimum Gasteiger partial charge on any atom is -0.393 e. The van der Waals surface area contributed by atoms with Crippen LogP contribution in [-0.2, 0) is 19.3 Å². The first-order chi connectivity index (χ1) is 12.2. The number of aliphatic hydroxyl groups is 1. The predicted octanol–water partition coefficient (Wildman–Crippen LogP) is 3.13. The molecule has 0 saturated heterocycles.